The van der Waals surface area contributed by atoms with Crippen molar-refractivity contribution in [1.29, 1.82) is 0 Å². The van der Waals surface area contributed by atoms with Gasteiger partial charge in [-0.15, -0.1) is 0 Å². The number of aromatic nitrogens is 2. The van der Waals surface area contributed by atoms with Gasteiger partial charge in [-0.2, -0.15) is 0 Å². The lowest BCUT2D eigenvalue weighted by Gasteiger charge is -2.33. The SMILES string of the molecule is CCNc1ncnc(N2CCCC(C(=O)NC)C2)c1C. The van der Waals surface area contributed by atoms with E-state index in [4.69, 9.17) is 0 Å². The summed E-state index contributed by atoms with van der Waals surface area (Å²) in [6.45, 7) is 6.57. The van der Waals surface area contributed by atoms with Gasteiger partial charge in [-0.3, -0.25) is 4.79 Å². The van der Waals surface area contributed by atoms with Crippen molar-refractivity contribution in [2.45, 2.75) is 26.7 Å². The summed E-state index contributed by atoms with van der Waals surface area (Å²) in [5.74, 6) is 1.98. The molecule has 0 radical (unpaired) electrons. The Morgan fingerprint density at radius 3 is 3.00 bits per heavy atom. The highest BCUT2D eigenvalue weighted by molar-refractivity contribution is 5.79. The van der Waals surface area contributed by atoms with E-state index in [-0.39, 0.29) is 11.8 Å². The fourth-order valence-electron chi connectivity index (χ4n) is 2.69. The van der Waals surface area contributed by atoms with Crippen LogP contribution in [0.5, 0.6) is 0 Å². The zero-order valence-electron chi connectivity index (χ0n) is 12.4. The van der Waals surface area contributed by atoms with Gasteiger partial charge in [0.25, 0.3) is 0 Å². The normalized spacial score (nSPS) is 18.8. The Hall–Kier alpha value is -1.85. The zero-order chi connectivity index (χ0) is 14.5. The molecule has 0 aliphatic carbocycles. The smallest absolute Gasteiger partial charge is 0.224 e. The lowest BCUT2D eigenvalue weighted by atomic mass is 9.97. The Bertz CT molecular complexity index is 477. The van der Waals surface area contributed by atoms with Crippen molar-refractivity contribution in [2.24, 2.45) is 5.92 Å². The number of piperidine rings is 1. The maximum Gasteiger partial charge on any atom is 0.224 e. The third-order valence-electron chi connectivity index (χ3n) is 3.74. The van der Waals surface area contributed by atoms with Gasteiger partial charge >= 0.3 is 0 Å². The Morgan fingerprint density at radius 1 is 1.50 bits per heavy atom. The Labute approximate surface area is 120 Å². The third kappa shape index (κ3) is 3.00. The van der Waals surface area contributed by atoms with E-state index in [0.717, 1.165) is 49.7 Å². The van der Waals surface area contributed by atoms with Crippen LogP contribution in [0.1, 0.15) is 25.3 Å². The van der Waals surface area contributed by atoms with Gasteiger partial charge in [-0.1, -0.05) is 0 Å². The maximum absolute atomic E-state index is 11.8. The topological polar surface area (TPSA) is 70.2 Å². The van der Waals surface area contributed by atoms with Gasteiger partial charge in [0.05, 0.1) is 5.92 Å². The summed E-state index contributed by atoms with van der Waals surface area (Å²) < 4.78 is 0. The molecule has 1 fully saturated rings. The van der Waals surface area contributed by atoms with Crippen LogP contribution in [-0.2, 0) is 4.79 Å². The maximum atomic E-state index is 11.8. The van der Waals surface area contributed by atoms with Crippen LogP contribution in [0.2, 0.25) is 0 Å². The molecule has 1 aliphatic heterocycles. The van der Waals surface area contributed by atoms with E-state index in [1.54, 1.807) is 13.4 Å². The summed E-state index contributed by atoms with van der Waals surface area (Å²) in [5.41, 5.74) is 1.05. The second-order valence-corrected chi connectivity index (χ2v) is 5.10. The molecule has 0 bridgehead atoms. The van der Waals surface area contributed by atoms with Crippen molar-refractivity contribution in [3.8, 4) is 0 Å². The highest BCUT2D eigenvalue weighted by Gasteiger charge is 2.27. The van der Waals surface area contributed by atoms with Gasteiger partial charge < -0.3 is 15.5 Å². The summed E-state index contributed by atoms with van der Waals surface area (Å²) in [4.78, 5) is 22.7. The number of amides is 1. The number of carbonyl (C=O) groups excluding carboxylic acids is 1. The zero-order valence-corrected chi connectivity index (χ0v) is 12.4. The molecule has 1 saturated heterocycles. The summed E-state index contributed by atoms with van der Waals surface area (Å²) in [6.07, 6.45) is 3.54. The van der Waals surface area contributed by atoms with Crippen molar-refractivity contribution in [1.82, 2.24) is 15.3 Å². The van der Waals surface area contributed by atoms with Gasteiger partial charge in [0.15, 0.2) is 0 Å². The first kappa shape index (κ1) is 14.6. The lowest BCUT2D eigenvalue weighted by Crippen LogP contribution is -2.42. The number of nitrogens with zero attached hydrogens (tertiary/aromatic N) is 3. The molecule has 1 amide bonds. The molecule has 1 unspecified atom stereocenters. The van der Waals surface area contributed by atoms with Crippen LogP contribution >= 0.6 is 0 Å². The van der Waals surface area contributed by atoms with Gasteiger partial charge in [0, 0.05) is 32.2 Å². The predicted octanol–water partition coefficient (Wildman–Crippen LogP) is 1.18. The molecule has 1 atom stereocenters. The summed E-state index contributed by atoms with van der Waals surface area (Å²) in [5, 5.41) is 5.99. The molecule has 0 aromatic carbocycles. The standard InChI is InChI=1S/C14H23N5O/c1-4-16-12-10(2)13(18-9-17-12)19-7-5-6-11(8-19)14(20)15-3/h9,11H,4-8H2,1-3H3,(H,15,20)(H,16,17,18). The number of carbonyl (C=O) groups is 1. The summed E-state index contributed by atoms with van der Waals surface area (Å²) in [7, 11) is 1.69. The first-order chi connectivity index (χ1) is 9.67. The molecule has 110 valence electrons. The highest BCUT2D eigenvalue weighted by atomic mass is 16.1. The number of anilines is 2. The van der Waals surface area contributed by atoms with E-state index >= 15 is 0 Å². The number of rotatable bonds is 4. The van der Waals surface area contributed by atoms with E-state index in [2.05, 4.69) is 25.5 Å². The van der Waals surface area contributed by atoms with Gasteiger partial charge in [-0.25, -0.2) is 9.97 Å². The molecule has 0 saturated carbocycles. The van der Waals surface area contributed by atoms with E-state index < -0.39 is 0 Å². The van der Waals surface area contributed by atoms with Crippen LogP contribution in [0.25, 0.3) is 0 Å². The molecular weight excluding hydrogens is 254 g/mol. The molecule has 6 nitrogen and oxygen atoms in total. The molecule has 0 spiro atoms. The fraction of sp³-hybridized carbons (Fsp3) is 0.643. The van der Waals surface area contributed by atoms with Gasteiger partial charge in [0.2, 0.25) is 5.91 Å². The highest BCUT2D eigenvalue weighted by Crippen LogP contribution is 2.26. The minimum atomic E-state index is 0.0469. The predicted molar refractivity (Wildman–Crippen MR) is 79.9 cm³/mol. The molecule has 2 N–H and O–H groups in total. The summed E-state index contributed by atoms with van der Waals surface area (Å²) >= 11 is 0. The van der Waals surface area contributed by atoms with Crippen LogP contribution in [0.4, 0.5) is 11.6 Å². The number of hydrogen-bond acceptors (Lipinski definition) is 5. The first-order valence-corrected chi connectivity index (χ1v) is 7.19. The van der Waals surface area contributed by atoms with Crippen molar-refractivity contribution in [3.05, 3.63) is 11.9 Å². The monoisotopic (exact) mass is 277 g/mol. The Morgan fingerprint density at radius 2 is 2.30 bits per heavy atom. The number of hydrogen-bond donors (Lipinski definition) is 2. The quantitative estimate of drug-likeness (QED) is 0.865. The van der Waals surface area contributed by atoms with Crippen LogP contribution < -0.4 is 15.5 Å². The molecule has 1 aromatic rings. The van der Waals surface area contributed by atoms with Gasteiger partial charge in [0.1, 0.15) is 18.0 Å². The minimum Gasteiger partial charge on any atom is -0.370 e. The van der Waals surface area contributed by atoms with Crippen molar-refractivity contribution >= 4 is 17.5 Å². The van der Waals surface area contributed by atoms with E-state index in [9.17, 15) is 4.79 Å². The lowest BCUT2D eigenvalue weighted by molar-refractivity contribution is -0.124. The van der Waals surface area contributed by atoms with E-state index in [0.29, 0.717) is 0 Å². The Kier molecular flexibility index (Phi) is 4.76. The number of nitrogens with one attached hydrogen (secondary N) is 2. The molecule has 20 heavy (non-hydrogen) atoms. The molecule has 6 heteroatoms. The van der Waals surface area contributed by atoms with Crippen LogP contribution in [0.15, 0.2) is 6.33 Å². The van der Waals surface area contributed by atoms with E-state index in [1.807, 2.05) is 13.8 Å². The second-order valence-electron chi connectivity index (χ2n) is 5.10. The average Bonchev–Trinajstić information content (AvgIpc) is 2.49. The van der Waals surface area contributed by atoms with Crippen molar-refractivity contribution in [2.75, 3.05) is 36.9 Å². The minimum absolute atomic E-state index is 0.0469. The molecule has 1 aliphatic rings. The van der Waals surface area contributed by atoms with E-state index in [1.165, 1.54) is 0 Å². The van der Waals surface area contributed by atoms with Crippen LogP contribution in [0, 0.1) is 12.8 Å². The Balaban J connectivity index is 2.18. The van der Waals surface area contributed by atoms with Crippen LogP contribution in [0.3, 0.4) is 0 Å². The van der Waals surface area contributed by atoms with Crippen LogP contribution in [-0.4, -0.2) is 42.6 Å². The third-order valence-corrected chi connectivity index (χ3v) is 3.74. The molecular formula is C14H23N5O. The fourth-order valence-corrected chi connectivity index (χ4v) is 2.69. The van der Waals surface area contributed by atoms with Crippen molar-refractivity contribution < 1.29 is 4.79 Å². The average molecular weight is 277 g/mol. The summed E-state index contributed by atoms with van der Waals surface area (Å²) in [6, 6.07) is 0. The van der Waals surface area contributed by atoms with Crippen molar-refractivity contribution in [3.63, 3.8) is 0 Å². The largest absolute Gasteiger partial charge is 0.370 e. The van der Waals surface area contributed by atoms with Gasteiger partial charge in [-0.05, 0) is 26.7 Å². The molecule has 2 rings (SSSR count). The second kappa shape index (κ2) is 6.54. The first-order valence-electron chi connectivity index (χ1n) is 7.19. The molecule has 1 aromatic heterocycles. The molecule has 2 heterocycles.